The molecule has 0 aliphatic heterocycles. The molecular weight excluding hydrogens is 282 g/mol. The molecule has 0 aliphatic rings. The molecule has 0 unspecified atom stereocenters. The molecule has 0 aliphatic carbocycles. The number of anilines is 3. The van der Waals surface area contributed by atoms with Gasteiger partial charge in [-0.05, 0) is 44.4 Å². The standard InChI is InChI=1S/C15H19N5O2/c1-20(2)10-9-17-15-16-8-7-13(19-15)18-12-5-3-11(4-6-12)14(21)22/h3-8H,9-10H2,1-2H3,(H,21,22)(H2,16,17,18,19). The third kappa shape index (κ3) is 4.71. The summed E-state index contributed by atoms with van der Waals surface area (Å²) in [4.78, 5) is 21.4. The van der Waals surface area contributed by atoms with E-state index in [-0.39, 0.29) is 5.56 Å². The molecule has 2 rings (SSSR count). The van der Waals surface area contributed by atoms with Gasteiger partial charge in [0.2, 0.25) is 5.95 Å². The van der Waals surface area contributed by atoms with E-state index in [0.29, 0.717) is 11.8 Å². The Kier molecular flexibility index (Phi) is 5.26. The van der Waals surface area contributed by atoms with Gasteiger partial charge in [0, 0.05) is 25.0 Å². The van der Waals surface area contributed by atoms with Gasteiger partial charge in [0.1, 0.15) is 5.82 Å². The van der Waals surface area contributed by atoms with E-state index in [2.05, 4.69) is 25.5 Å². The van der Waals surface area contributed by atoms with Crippen LogP contribution in [-0.2, 0) is 0 Å². The monoisotopic (exact) mass is 301 g/mol. The lowest BCUT2D eigenvalue weighted by atomic mass is 10.2. The first-order valence-electron chi connectivity index (χ1n) is 6.86. The van der Waals surface area contributed by atoms with Gasteiger partial charge in [-0.1, -0.05) is 0 Å². The molecule has 116 valence electrons. The van der Waals surface area contributed by atoms with Crippen LogP contribution in [0.4, 0.5) is 17.5 Å². The smallest absolute Gasteiger partial charge is 0.335 e. The molecule has 0 radical (unpaired) electrons. The molecule has 3 N–H and O–H groups in total. The number of carboxylic acid groups (broad SMARTS) is 1. The lowest BCUT2D eigenvalue weighted by Crippen LogP contribution is -2.21. The van der Waals surface area contributed by atoms with E-state index in [0.717, 1.165) is 18.8 Å². The van der Waals surface area contributed by atoms with Crippen LogP contribution >= 0.6 is 0 Å². The van der Waals surface area contributed by atoms with E-state index < -0.39 is 5.97 Å². The summed E-state index contributed by atoms with van der Waals surface area (Å²) in [6.07, 6.45) is 1.67. The minimum Gasteiger partial charge on any atom is -0.478 e. The second-order valence-electron chi connectivity index (χ2n) is 5.00. The van der Waals surface area contributed by atoms with Crippen LogP contribution in [0, 0.1) is 0 Å². The van der Waals surface area contributed by atoms with Crippen LogP contribution in [0.3, 0.4) is 0 Å². The lowest BCUT2D eigenvalue weighted by Gasteiger charge is -2.11. The molecule has 0 atom stereocenters. The average molecular weight is 301 g/mol. The van der Waals surface area contributed by atoms with Crippen molar-refractivity contribution in [2.75, 3.05) is 37.8 Å². The molecule has 0 fully saturated rings. The highest BCUT2D eigenvalue weighted by Gasteiger charge is 2.03. The Bertz CT molecular complexity index is 628. The number of benzene rings is 1. The highest BCUT2D eigenvalue weighted by molar-refractivity contribution is 5.88. The zero-order valence-electron chi connectivity index (χ0n) is 12.6. The fraction of sp³-hybridized carbons (Fsp3) is 0.267. The Labute approximate surface area is 129 Å². The van der Waals surface area contributed by atoms with Crippen molar-refractivity contribution in [1.82, 2.24) is 14.9 Å². The second-order valence-corrected chi connectivity index (χ2v) is 5.00. The summed E-state index contributed by atoms with van der Waals surface area (Å²) < 4.78 is 0. The molecule has 0 spiro atoms. The molecule has 0 amide bonds. The quantitative estimate of drug-likeness (QED) is 0.719. The fourth-order valence-electron chi connectivity index (χ4n) is 1.75. The molecule has 7 nitrogen and oxygen atoms in total. The van der Waals surface area contributed by atoms with E-state index >= 15 is 0 Å². The van der Waals surface area contributed by atoms with Crippen LogP contribution in [-0.4, -0.2) is 53.1 Å². The SMILES string of the molecule is CN(C)CCNc1nccc(Nc2ccc(C(=O)O)cc2)n1. The van der Waals surface area contributed by atoms with Crippen LogP contribution in [0.5, 0.6) is 0 Å². The van der Waals surface area contributed by atoms with Gasteiger partial charge in [-0.25, -0.2) is 9.78 Å². The Hall–Kier alpha value is -2.67. The molecule has 2 aromatic rings. The summed E-state index contributed by atoms with van der Waals surface area (Å²) in [6.45, 7) is 1.64. The minimum absolute atomic E-state index is 0.249. The molecule has 0 bridgehead atoms. The first-order valence-corrected chi connectivity index (χ1v) is 6.86. The maximum atomic E-state index is 10.8. The van der Waals surface area contributed by atoms with Gasteiger partial charge in [0.15, 0.2) is 0 Å². The van der Waals surface area contributed by atoms with Gasteiger partial charge in [0.25, 0.3) is 0 Å². The summed E-state index contributed by atoms with van der Waals surface area (Å²) in [5, 5.41) is 15.1. The maximum Gasteiger partial charge on any atom is 0.335 e. The van der Waals surface area contributed by atoms with Gasteiger partial charge in [0.05, 0.1) is 5.56 Å². The number of rotatable bonds is 7. The molecule has 1 aromatic carbocycles. The first-order chi connectivity index (χ1) is 10.5. The van der Waals surface area contributed by atoms with E-state index in [1.165, 1.54) is 0 Å². The van der Waals surface area contributed by atoms with Crippen LogP contribution in [0.15, 0.2) is 36.5 Å². The summed E-state index contributed by atoms with van der Waals surface area (Å²) in [5.74, 6) is 0.250. The highest BCUT2D eigenvalue weighted by Crippen LogP contribution is 2.16. The molecule has 22 heavy (non-hydrogen) atoms. The fourth-order valence-corrected chi connectivity index (χ4v) is 1.75. The van der Waals surface area contributed by atoms with E-state index in [4.69, 9.17) is 5.11 Å². The predicted molar refractivity (Wildman–Crippen MR) is 85.8 cm³/mol. The van der Waals surface area contributed by atoms with Crippen molar-refractivity contribution in [2.45, 2.75) is 0 Å². The van der Waals surface area contributed by atoms with E-state index in [1.54, 1.807) is 36.5 Å². The van der Waals surface area contributed by atoms with Gasteiger partial charge in [-0.15, -0.1) is 0 Å². The molecular formula is C15H19N5O2. The maximum absolute atomic E-state index is 10.8. The van der Waals surface area contributed by atoms with Crippen LogP contribution in [0.2, 0.25) is 0 Å². The molecule has 0 saturated carbocycles. The minimum atomic E-state index is -0.944. The van der Waals surface area contributed by atoms with Crippen LogP contribution in [0.1, 0.15) is 10.4 Å². The zero-order valence-corrected chi connectivity index (χ0v) is 12.6. The topological polar surface area (TPSA) is 90.4 Å². The lowest BCUT2D eigenvalue weighted by molar-refractivity contribution is 0.0697. The number of likely N-dealkylation sites (N-methyl/N-ethyl adjacent to an activating group) is 1. The number of carboxylic acids is 1. The Morgan fingerprint density at radius 2 is 1.95 bits per heavy atom. The molecule has 1 heterocycles. The third-order valence-electron chi connectivity index (χ3n) is 2.90. The number of carbonyl (C=O) groups is 1. The van der Waals surface area contributed by atoms with E-state index in [9.17, 15) is 4.79 Å². The normalized spacial score (nSPS) is 10.5. The predicted octanol–water partition coefficient (Wildman–Crippen LogP) is 1.89. The van der Waals surface area contributed by atoms with Crippen molar-refractivity contribution in [3.05, 3.63) is 42.1 Å². The second kappa shape index (κ2) is 7.37. The van der Waals surface area contributed by atoms with Crippen molar-refractivity contribution in [2.24, 2.45) is 0 Å². The number of hydrogen-bond acceptors (Lipinski definition) is 6. The highest BCUT2D eigenvalue weighted by atomic mass is 16.4. The molecule has 7 heteroatoms. The summed E-state index contributed by atoms with van der Waals surface area (Å²) in [7, 11) is 4.00. The summed E-state index contributed by atoms with van der Waals surface area (Å²) in [5.41, 5.74) is 1.02. The third-order valence-corrected chi connectivity index (χ3v) is 2.90. The van der Waals surface area contributed by atoms with Crippen molar-refractivity contribution in [1.29, 1.82) is 0 Å². The van der Waals surface area contributed by atoms with Gasteiger partial charge in [-0.2, -0.15) is 4.98 Å². The van der Waals surface area contributed by atoms with Crippen LogP contribution in [0.25, 0.3) is 0 Å². The Balaban J connectivity index is 1.99. The van der Waals surface area contributed by atoms with Gasteiger partial charge in [-0.3, -0.25) is 0 Å². The summed E-state index contributed by atoms with van der Waals surface area (Å²) in [6, 6.07) is 8.24. The number of hydrogen-bond donors (Lipinski definition) is 3. The first kappa shape index (κ1) is 15.7. The van der Waals surface area contributed by atoms with E-state index in [1.807, 2.05) is 14.1 Å². The largest absolute Gasteiger partial charge is 0.478 e. The van der Waals surface area contributed by atoms with Gasteiger partial charge >= 0.3 is 5.97 Å². The Morgan fingerprint density at radius 3 is 2.59 bits per heavy atom. The number of aromatic carboxylic acids is 1. The van der Waals surface area contributed by atoms with Crippen molar-refractivity contribution < 1.29 is 9.90 Å². The molecule has 1 aromatic heterocycles. The zero-order chi connectivity index (χ0) is 15.9. The number of aromatic nitrogens is 2. The van der Waals surface area contributed by atoms with Gasteiger partial charge < -0.3 is 20.6 Å². The van der Waals surface area contributed by atoms with Crippen molar-refractivity contribution >= 4 is 23.4 Å². The Morgan fingerprint density at radius 1 is 1.23 bits per heavy atom. The molecule has 0 saturated heterocycles. The number of nitrogens with one attached hydrogen (secondary N) is 2. The van der Waals surface area contributed by atoms with Crippen LogP contribution < -0.4 is 10.6 Å². The average Bonchev–Trinajstić information content (AvgIpc) is 2.48. The van der Waals surface area contributed by atoms with Crippen molar-refractivity contribution in [3.8, 4) is 0 Å². The van der Waals surface area contributed by atoms with Crippen molar-refractivity contribution in [3.63, 3.8) is 0 Å². The number of nitrogens with zero attached hydrogens (tertiary/aromatic N) is 3. The summed E-state index contributed by atoms with van der Waals surface area (Å²) >= 11 is 0.